The van der Waals surface area contributed by atoms with E-state index < -0.39 is 0 Å². The minimum Gasteiger partial charge on any atom is -0.435 e. The molecule has 122 valence electrons. The van der Waals surface area contributed by atoms with Gasteiger partial charge in [-0.25, -0.2) is 4.98 Å². The van der Waals surface area contributed by atoms with E-state index in [0.717, 1.165) is 4.88 Å². The van der Waals surface area contributed by atoms with Gasteiger partial charge in [-0.05, 0) is 25.5 Å². The van der Waals surface area contributed by atoms with Gasteiger partial charge in [0, 0.05) is 4.88 Å². The first-order valence-electron chi connectivity index (χ1n) is 7.24. The molecule has 8 heteroatoms. The second kappa shape index (κ2) is 6.51. The van der Waals surface area contributed by atoms with Crippen LogP contribution < -0.4 is 5.32 Å². The number of nitrogens with one attached hydrogen (secondary N) is 1. The van der Waals surface area contributed by atoms with E-state index in [1.165, 1.54) is 0 Å². The summed E-state index contributed by atoms with van der Waals surface area (Å²) < 4.78 is 5.52. The molecule has 23 heavy (non-hydrogen) atoms. The summed E-state index contributed by atoms with van der Waals surface area (Å²) >= 11 is 1.58. The van der Waals surface area contributed by atoms with Crippen molar-refractivity contribution in [3.63, 3.8) is 0 Å². The molecule has 0 fully saturated rings. The van der Waals surface area contributed by atoms with Crippen LogP contribution in [0, 0.1) is 0 Å². The molecule has 0 atom stereocenters. The monoisotopic (exact) mass is 334 g/mol. The number of likely N-dealkylation sites (N-methyl/N-ethyl adjacent to an activating group) is 1. The van der Waals surface area contributed by atoms with Gasteiger partial charge in [-0.15, -0.1) is 11.3 Å². The average molecular weight is 334 g/mol. The molecule has 0 aliphatic carbocycles. The molecule has 0 bridgehead atoms. The number of rotatable bonds is 5. The van der Waals surface area contributed by atoms with Crippen LogP contribution in [0.1, 0.15) is 27.0 Å². The molecule has 0 aromatic carbocycles. The normalized spacial score (nSPS) is 13.4. The summed E-state index contributed by atoms with van der Waals surface area (Å²) in [7, 11) is 3.69. The summed E-state index contributed by atoms with van der Waals surface area (Å²) in [5.74, 6) is 0.343. The van der Waals surface area contributed by atoms with Gasteiger partial charge in [0.15, 0.2) is 0 Å². The summed E-state index contributed by atoms with van der Waals surface area (Å²) in [4.78, 5) is 32.8. The fourth-order valence-electron chi connectivity index (χ4n) is 2.34. The largest absolute Gasteiger partial charge is 0.435 e. The number of hydrogen-bond donors (Lipinski definition) is 1. The van der Waals surface area contributed by atoms with Gasteiger partial charge in [-0.1, -0.05) is 6.07 Å². The van der Waals surface area contributed by atoms with Gasteiger partial charge in [0.2, 0.25) is 5.91 Å². The van der Waals surface area contributed by atoms with E-state index >= 15 is 0 Å². The lowest BCUT2D eigenvalue weighted by molar-refractivity contribution is -0.132. The van der Waals surface area contributed by atoms with Gasteiger partial charge < -0.3 is 19.5 Å². The fraction of sp³-hybridized carbons (Fsp3) is 0.400. The molecule has 2 aromatic rings. The molecule has 2 aromatic heterocycles. The second-order valence-electron chi connectivity index (χ2n) is 5.64. The van der Waals surface area contributed by atoms with Gasteiger partial charge in [0.25, 0.3) is 5.89 Å². The van der Waals surface area contributed by atoms with E-state index in [4.69, 9.17) is 4.42 Å². The quantitative estimate of drug-likeness (QED) is 0.885. The molecule has 7 nitrogen and oxygen atoms in total. The number of fused-ring (bicyclic) bond motifs is 1. The third-order valence-corrected chi connectivity index (χ3v) is 4.33. The van der Waals surface area contributed by atoms with Crippen molar-refractivity contribution in [2.45, 2.75) is 19.6 Å². The van der Waals surface area contributed by atoms with Crippen LogP contribution in [0.4, 0.5) is 0 Å². The maximum absolute atomic E-state index is 12.1. The molecule has 1 N–H and O–H groups in total. The third kappa shape index (κ3) is 3.59. The van der Waals surface area contributed by atoms with E-state index in [1.807, 2.05) is 36.5 Å². The zero-order valence-corrected chi connectivity index (χ0v) is 13.9. The molecule has 3 rings (SSSR count). The fourth-order valence-corrected chi connectivity index (χ4v) is 2.99. The lowest BCUT2D eigenvalue weighted by Gasteiger charge is -2.17. The number of aromatic nitrogens is 1. The molecule has 0 saturated carbocycles. The number of carbonyl (C=O) groups excluding carboxylic acids is 2. The first kappa shape index (κ1) is 15.7. The Bertz CT molecular complexity index is 685. The topological polar surface area (TPSA) is 78.7 Å². The Kier molecular flexibility index (Phi) is 4.44. The van der Waals surface area contributed by atoms with E-state index in [9.17, 15) is 9.59 Å². The van der Waals surface area contributed by atoms with Gasteiger partial charge in [0.05, 0.1) is 26.2 Å². The number of hydrogen-bond acceptors (Lipinski definition) is 6. The predicted molar refractivity (Wildman–Crippen MR) is 84.8 cm³/mol. The minimum absolute atomic E-state index is 0.0203. The molecule has 2 amide bonds. The van der Waals surface area contributed by atoms with Gasteiger partial charge in [0.1, 0.15) is 11.5 Å². The van der Waals surface area contributed by atoms with Crippen molar-refractivity contribution in [1.29, 1.82) is 0 Å². The van der Waals surface area contributed by atoms with Crippen LogP contribution in [0.3, 0.4) is 0 Å². The van der Waals surface area contributed by atoms with E-state index in [1.54, 1.807) is 16.2 Å². The van der Waals surface area contributed by atoms with Crippen LogP contribution in [0.2, 0.25) is 0 Å². The molecule has 1 aliphatic heterocycles. The smallest absolute Gasteiger partial charge is 0.307 e. The van der Waals surface area contributed by atoms with Crippen molar-refractivity contribution < 1.29 is 14.0 Å². The van der Waals surface area contributed by atoms with Gasteiger partial charge in [-0.2, -0.15) is 0 Å². The zero-order chi connectivity index (χ0) is 16.4. The van der Waals surface area contributed by atoms with E-state index in [2.05, 4.69) is 10.3 Å². The standard InChI is InChI=1S/C15H18N4O3S/c1-18(2)9-13(20)19-7-11-12(8-19)22-15(17-11)14(21)16-6-10-4-3-5-23-10/h3-5H,6-9H2,1-2H3,(H,16,21). The zero-order valence-electron chi connectivity index (χ0n) is 13.0. The van der Waals surface area contributed by atoms with Crippen molar-refractivity contribution in [2.24, 2.45) is 0 Å². The van der Waals surface area contributed by atoms with Crippen LogP contribution in [0.5, 0.6) is 0 Å². The maximum Gasteiger partial charge on any atom is 0.307 e. The van der Waals surface area contributed by atoms with Crippen LogP contribution in [0.15, 0.2) is 21.9 Å². The molecule has 3 heterocycles. The Hall–Kier alpha value is -2.19. The first-order valence-corrected chi connectivity index (χ1v) is 8.12. The van der Waals surface area contributed by atoms with E-state index in [-0.39, 0.29) is 17.7 Å². The molecule has 0 radical (unpaired) electrons. The maximum atomic E-state index is 12.1. The molecular weight excluding hydrogens is 316 g/mol. The number of carbonyl (C=O) groups is 2. The van der Waals surface area contributed by atoms with Crippen molar-refractivity contribution in [3.05, 3.63) is 39.7 Å². The summed E-state index contributed by atoms with van der Waals surface area (Å²) in [5, 5.41) is 4.74. The predicted octanol–water partition coefficient (Wildman–Crippen LogP) is 1.07. The summed E-state index contributed by atoms with van der Waals surface area (Å²) in [6.45, 7) is 1.56. The second-order valence-corrected chi connectivity index (χ2v) is 6.67. The van der Waals surface area contributed by atoms with Crippen LogP contribution >= 0.6 is 11.3 Å². The Morgan fingerprint density at radius 1 is 1.43 bits per heavy atom. The molecule has 1 aliphatic rings. The highest BCUT2D eigenvalue weighted by atomic mass is 32.1. The van der Waals surface area contributed by atoms with Crippen LogP contribution in [-0.4, -0.2) is 47.2 Å². The first-order chi connectivity index (χ1) is 11.0. The molecule has 0 saturated heterocycles. The minimum atomic E-state index is -0.334. The Morgan fingerprint density at radius 2 is 2.26 bits per heavy atom. The van der Waals surface area contributed by atoms with Crippen LogP contribution in [-0.2, 0) is 24.4 Å². The number of thiophene rings is 1. The average Bonchev–Trinajstić information content (AvgIpc) is 3.19. The van der Waals surface area contributed by atoms with Crippen molar-refractivity contribution in [2.75, 3.05) is 20.6 Å². The van der Waals surface area contributed by atoms with Crippen LogP contribution in [0.25, 0.3) is 0 Å². The number of oxazole rings is 1. The van der Waals surface area contributed by atoms with Crippen molar-refractivity contribution >= 4 is 23.2 Å². The summed E-state index contributed by atoms with van der Waals surface area (Å²) in [6.07, 6.45) is 0. The summed E-state index contributed by atoms with van der Waals surface area (Å²) in [6, 6.07) is 3.89. The Labute approximate surface area is 137 Å². The number of nitrogens with zero attached hydrogens (tertiary/aromatic N) is 3. The Balaban J connectivity index is 1.58. The van der Waals surface area contributed by atoms with Crippen molar-refractivity contribution in [1.82, 2.24) is 20.1 Å². The summed E-state index contributed by atoms with van der Waals surface area (Å²) in [5.41, 5.74) is 0.665. The molecular formula is C15H18N4O3S. The lowest BCUT2D eigenvalue weighted by atomic mass is 10.4. The molecule has 0 unspecified atom stereocenters. The van der Waals surface area contributed by atoms with E-state index in [0.29, 0.717) is 37.6 Å². The van der Waals surface area contributed by atoms with Crippen molar-refractivity contribution in [3.8, 4) is 0 Å². The number of amides is 2. The highest BCUT2D eigenvalue weighted by molar-refractivity contribution is 7.09. The highest BCUT2D eigenvalue weighted by Crippen LogP contribution is 2.23. The SMILES string of the molecule is CN(C)CC(=O)N1Cc2nc(C(=O)NCc3cccs3)oc2C1. The molecule has 0 spiro atoms. The van der Waals surface area contributed by atoms with Gasteiger partial charge >= 0.3 is 5.91 Å². The highest BCUT2D eigenvalue weighted by Gasteiger charge is 2.30. The Morgan fingerprint density at radius 3 is 2.91 bits per heavy atom. The van der Waals surface area contributed by atoms with Gasteiger partial charge in [-0.3, -0.25) is 9.59 Å². The lowest BCUT2D eigenvalue weighted by Crippen LogP contribution is -2.34. The third-order valence-electron chi connectivity index (χ3n) is 3.46.